The fraction of sp³-hybridized carbons (Fsp3) is 0.300. The third-order valence-corrected chi connectivity index (χ3v) is 4.44. The molecular weight excluding hydrogens is 323 g/mol. The molecule has 1 aromatic carbocycles. The van der Waals surface area contributed by atoms with Crippen LogP contribution in [0.2, 0.25) is 0 Å². The molecular formula is C20H23N2NaO2. The van der Waals surface area contributed by atoms with Crippen molar-refractivity contribution in [3.05, 3.63) is 63.6 Å². The molecule has 0 radical (unpaired) electrons. The van der Waals surface area contributed by atoms with E-state index in [9.17, 15) is 9.90 Å². The zero-order valence-corrected chi connectivity index (χ0v) is 14.3. The van der Waals surface area contributed by atoms with Crippen molar-refractivity contribution in [1.82, 2.24) is 9.55 Å². The van der Waals surface area contributed by atoms with Gasteiger partial charge in [-0.3, -0.25) is 9.36 Å². The molecule has 1 N–H and O–H groups in total. The Morgan fingerprint density at radius 3 is 2.44 bits per heavy atom. The molecule has 0 atom stereocenters. The van der Waals surface area contributed by atoms with Crippen LogP contribution in [0.25, 0.3) is 16.7 Å². The number of aromatic nitrogens is 2. The summed E-state index contributed by atoms with van der Waals surface area (Å²) in [5, 5.41) is 11.2. The maximum absolute atomic E-state index is 13.2. The van der Waals surface area contributed by atoms with Gasteiger partial charge in [-0.05, 0) is 49.9 Å². The number of para-hydroxylation sites is 1. The number of hydrogen-bond acceptors (Lipinski definition) is 3. The first kappa shape index (κ1) is 19.7. The third-order valence-electron chi connectivity index (χ3n) is 4.44. The summed E-state index contributed by atoms with van der Waals surface area (Å²) in [4.78, 5) is 17.6. The van der Waals surface area contributed by atoms with Crippen LogP contribution in [0.5, 0.6) is 5.75 Å². The summed E-state index contributed by atoms with van der Waals surface area (Å²) < 4.78 is 1.66. The van der Waals surface area contributed by atoms with Gasteiger partial charge in [-0.15, -0.1) is 0 Å². The fourth-order valence-electron chi connectivity index (χ4n) is 3.20. The quantitative estimate of drug-likeness (QED) is 0.737. The van der Waals surface area contributed by atoms with E-state index < -0.39 is 0 Å². The fourth-order valence-corrected chi connectivity index (χ4v) is 3.20. The third kappa shape index (κ3) is 3.52. The molecule has 3 rings (SSSR count). The number of pyridine rings is 2. The molecule has 2 heterocycles. The van der Waals surface area contributed by atoms with Crippen molar-refractivity contribution in [2.24, 2.45) is 0 Å². The molecule has 25 heavy (non-hydrogen) atoms. The number of aromatic hydroxyl groups is 1. The van der Waals surface area contributed by atoms with Crippen LogP contribution in [0.3, 0.4) is 0 Å². The average molecular weight is 346 g/mol. The van der Waals surface area contributed by atoms with Gasteiger partial charge in [0.1, 0.15) is 5.75 Å². The number of fused-ring (bicyclic) bond motifs is 1. The summed E-state index contributed by atoms with van der Waals surface area (Å²) >= 11 is 0. The van der Waals surface area contributed by atoms with Crippen LogP contribution in [-0.2, 0) is 6.42 Å². The second-order valence-electron chi connectivity index (χ2n) is 6.19. The minimum atomic E-state index is -0.176. The Bertz CT molecular complexity index is 944. The summed E-state index contributed by atoms with van der Waals surface area (Å²) in [6, 6.07) is 9.55. The normalized spacial score (nSPS) is 10.7. The van der Waals surface area contributed by atoms with Gasteiger partial charge in [-0.25, -0.2) is 4.98 Å². The molecule has 0 aliphatic carbocycles. The standard InChI is InChI=1S/C20H22N2O2.Na.H/c1-4-5-10-16-18(23)15-11-7-12-21-19(15)22(20(16)24)17-13(2)8-6-9-14(17)3;;/h6-9,11-12,23H,4-5,10H2,1-3H3;;. The molecule has 0 amide bonds. The van der Waals surface area contributed by atoms with E-state index in [1.54, 1.807) is 16.8 Å². The van der Waals surface area contributed by atoms with Crippen LogP contribution in [0.4, 0.5) is 0 Å². The summed E-state index contributed by atoms with van der Waals surface area (Å²) in [6.07, 6.45) is 4.04. The van der Waals surface area contributed by atoms with E-state index in [1.165, 1.54) is 0 Å². The van der Waals surface area contributed by atoms with Gasteiger partial charge in [0.25, 0.3) is 5.56 Å². The van der Waals surface area contributed by atoms with Crippen molar-refractivity contribution >= 4 is 40.6 Å². The van der Waals surface area contributed by atoms with Crippen LogP contribution < -0.4 is 5.56 Å². The van der Waals surface area contributed by atoms with Crippen molar-refractivity contribution in [1.29, 1.82) is 0 Å². The van der Waals surface area contributed by atoms with Crippen LogP contribution in [-0.4, -0.2) is 44.2 Å². The molecule has 0 saturated carbocycles. The molecule has 5 heteroatoms. The number of rotatable bonds is 4. The van der Waals surface area contributed by atoms with Gasteiger partial charge in [0.2, 0.25) is 0 Å². The first-order chi connectivity index (χ1) is 11.6. The second kappa shape index (κ2) is 8.17. The Balaban J connectivity index is 0.00000225. The molecule has 0 spiro atoms. The van der Waals surface area contributed by atoms with Crippen LogP contribution in [0.15, 0.2) is 41.3 Å². The zero-order chi connectivity index (χ0) is 17.3. The Kier molecular flexibility index (Phi) is 6.44. The molecule has 0 aliphatic heterocycles. The second-order valence-corrected chi connectivity index (χ2v) is 6.19. The van der Waals surface area contributed by atoms with Crippen molar-refractivity contribution in [2.75, 3.05) is 0 Å². The Labute approximate surface area is 169 Å². The van der Waals surface area contributed by atoms with E-state index in [4.69, 9.17) is 0 Å². The Hall–Kier alpha value is -1.62. The van der Waals surface area contributed by atoms with Gasteiger partial charge in [-0.1, -0.05) is 31.5 Å². The Morgan fingerprint density at radius 1 is 1.12 bits per heavy atom. The van der Waals surface area contributed by atoms with E-state index in [-0.39, 0.29) is 40.9 Å². The predicted octanol–water partition coefficient (Wildman–Crippen LogP) is 3.40. The summed E-state index contributed by atoms with van der Waals surface area (Å²) in [5.41, 5.74) is 3.67. The van der Waals surface area contributed by atoms with E-state index in [0.29, 0.717) is 23.0 Å². The van der Waals surface area contributed by atoms with Crippen molar-refractivity contribution < 1.29 is 5.11 Å². The number of nitrogens with zero attached hydrogens (tertiary/aromatic N) is 2. The average Bonchev–Trinajstić information content (AvgIpc) is 2.57. The summed E-state index contributed by atoms with van der Waals surface area (Å²) in [5.74, 6) is 0.0686. The minimum absolute atomic E-state index is 0. The van der Waals surface area contributed by atoms with Gasteiger partial charge < -0.3 is 5.11 Å². The van der Waals surface area contributed by atoms with Crippen molar-refractivity contribution in [3.8, 4) is 11.4 Å². The molecule has 0 saturated heterocycles. The van der Waals surface area contributed by atoms with Gasteiger partial charge in [0.15, 0.2) is 5.65 Å². The number of benzene rings is 1. The topological polar surface area (TPSA) is 55.1 Å². The summed E-state index contributed by atoms with van der Waals surface area (Å²) in [7, 11) is 0. The molecule has 0 fully saturated rings. The maximum atomic E-state index is 13.2. The molecule has 2 aromatic heterocycles. The van der Waals surface area contributed by atoms with Crippen molar-refractivity contribution in [3.63, 3.8) is 0 Å². The predicted molar refractivity (Wildman–Crippen MR) is 104 cm³/mol. The molecule has 0 aliphatic rings. The molecule has 0 bridgehead atoms. The van der Waals surface area contributed by atoms with Gasteiger partial charge >= 0.3 is 29.6 Å². The Morgan fingerprint density at radius 2 is 1.80 bits per heavy atom. The van der Waals surface area contributed by atoms with E-state index in [0.717, 1.165) is 29.7 Å². The zero-order valence-electron chi connectivity index (χ0n) is 14.3. The first-order valence-corrected chi connectivity index (χ1v) is 8.34. The molecule has 0 unspecified atom stereocenters. The van der Waals surface area contributed by atoms with Gasteiger partial charge in [-0.2, -0.15) is 0 Å². The van der Waals surface area contributed by atoms with Gasteiger partial charge in [0, 0.05) is 6.20 Å². The van der Waals surface area contributed by atoms with E-state index in [1.807, 2.05) is 38.1 Å². The van der Waals surface area contributed by atoms with Crippen LogP contribution in [0.1, 0.15) is 36.5 Å². The SMILES string of the molecule is CCCCc1c(O)c2cccnc2n(-c2c(C)cccc2C)c1=O.[NaH]. The number of hydrogen-bond donors (Lipinski definition) is 1. The van der Waals surface area contributed by atoms with Crippen LogP contribution in [0, 0.1) is 13.8 Å². The number of unbranched alkanes of at least 4 members (excludes halogenated alkanes) is 1. The monoisotopic (exact) mass is 346 g/mol. The molecule has 3 aromatic rings. The van der Waals surface area contributed by atoms with E-state index >= 15 is 0 Å². The summed E-state index contributed by atoms with van der Waals surface area (Å²) in [6.45, 7) is 6.05. The molecule has 4 nitrogen and oxygen atoms in total. The van der Waals surface area contributed by atoms with E-state index in [2.05, 4.69) is 11.9 Å². The number of aryl methyl sites for hydroxylation is 2. The van der Waals surface area contributed by atoms with Gasteiger partial charge in [0.05, 0.1) is 16.6 Å². The van der Waals surface area contributed by atoms with Crippen molar-refractivity contribution in [2.45, 2.75) is 40.0 Å². The van der Waals surface area contributed by atoms with Crippen LogP contribution >= 0.6 is 0 Å². The molecule has 126 valence electrons. The first-order valence-electron chi connectivity index (χ1n) is 8.34.